The van der Waals surface area contributed by atoms with E-state index in [9.17, 15) is 4.79 Å². The third-order valence-electron chi connectivity index (χ3n) is 4.66. The predicted molar refractivity (Wildman–Crippen MR) is 89.5 cm³/mol. The summed E-state index contributed by atoms with van der Waals surface area (Å²) in [4.78, 5) is 15.8. The SMILES string of the molecule is O=C1CCc2cc(-c3ccnc(OC4CCCC4)c3)ccc2N1. The lowest BCUT2D eigenvalue weighted by molar-refractivity contribution is -0.116. The largest absolute Gasteiger partial charge is 0.474 e. The number of ether oxygens (including phenoxy) is 1. The molecule has 0 atom stereocenters. The normalized spacial score (nSPS) is 17.7. The average molecular weight is 308 g/mol. The van der Waals surface area contributed by atoms with Gasteiger partial charge in [0.15, 0.2) is 0 Å². The molecule has 4 nitrogen and oxygen atoms in total. The van der Waals surface area contributed by atoms with Crippen LogP contribution in [0.1, 0.15) is 37.7 Å². The minimum Gasteiger partial charge on any atom is -0.474 e. The van der Waals surface area contributed by atoms with Gasteiger partial charge in [-0.3, -0.25) is 4.79 Å². The van der Waals surface area contributed by atoms with Crippen LogP contribution in [0.4, 0.5) is 5.69 Å². The van der Waals surface area contributed by atoms with Crippen LogP contribution >= 0.6 is 0 Å². The van der Waals surface area contributed by atoms with Gasteiger partial charge in [-0.2, -0.15) is 0 Å². The van der Waals surface area contributed by atoms with Gasteiger partial charge in [-0.05, 0) is 67.0 Å². The molecule has 1 saturated carbocycles. The van der Waals surface area contributed by atoms with Crippen molar-refractivity contribution in [3.63, 3.8) is 0 Å². The van der Waals surface area contributed by atoms with Crippen LogP contribution in [0.2, 0.25) is 0 Å². The van der Waals surface area contributed by atoms with E-state index in [0.29, 0.717) is 18.4 Å². The summed E-state index contributed by atoms with van der Waals surface area (Å²) in [6.45, 7) is 0. The van der Waals surface area contributed by atoms with Crippen LogP contribution in [-0.2, 0) is 11.2 Å². The molecule has 0 unspecified atom stereocenters. The lowest BCUT2D eigenvalue weighted by Gasteiger charge is -2.18. The Labute approximate surface area is 135 Å². The number of amides is 1. The van der Waals surface area contributed by atoms with Gasteiger partial charge in [0.05, 0.1) is 0 Å². The predicted octanol–water partition coefficient (Wildman–Crippen LogP) is 3.95. The first-order valence-electron chi connectivity index (χ1n) is 8.34. The number of fused-ring (bicyclic) bond motifs is 1. The Morgan fingerprint density at radius 2 is 1.87 bits per heavy atom. The third-order valence-corrected chi connectivity index (χ3v) is 4.66. The number of carbonyl (C=O) groups is 1. The Kier molecular flexibility index (Phi) is 3.74. The van der Waals surface area contributed by atoms with Crippen molar-refractivity contribution in [3.8, 4) is 17.0 Å². The number of pyridine rings is 1. The highest BCUT2D eigenvalue weighted by Gasteiger charge is 2.18. The topological polar surface area (TPSA) is 51.2 Å². The lowest BCUT2D eigenvalue weighted by atomic mass is 9.97. The molecule has 1 aromatic carbocycles. The maximum Gasteiger partial charge on any atom is 0.224 e. The van der Waals surface area contributed by atoms with Gasteiger partial charge in [0.2, 0.25) is 11.8 Å². The Bertz CT molecular complexity index is 736. The number of anilines is 1. The zero-order valence-corrected chi connectivity index (χ0v) is 13.0. The number of benzene rings is 1. The van der Waals surface area contributed by atoms with Crippen LogP contribution in [0.25, 0.3) is 11.1 Å². The molecule has 2 aromatic rings. The standard InChI is InChI=1S/C19H20N2O2/c22-18-8-6-15-11-13(5-7-17(15)21-18)14-9-10-20-19(12-14)23-16-3-1-2-4-16/h5,7,9-12,16H,1-4,6,8H2,(H,21,22). The molecular formula is C19H20N2O2. The molecule has 118 valence electrons. The smallest absolute Gasteiger partial charge is 0.224 e. The molecule has 0 radical (unpaired) electrons. The molecule has 1 amide bonds. The average Bonchev–Trinajstić information content (AvgIpc) is 3.07. The first-order chi connectivity index (χ1) is 11.3. The molecule has 0 spiro atoms. The number of hydrogen-bond donors (Lipinski definition) is 1. The van der Waals surface area contributed by atoms with Crippen LogP contribution in [0.5, 0.6) is 5.88 Å². The number of rotatable bonds is 3. The summed E-state index contributed by atoms with van der Waals surface area (Å²) in [5.74, 6) is 0.807. The highest BCUT2D eigenvalue weighted by atomic mass is 16.5. The second-order valence-electron chi connectivity index (χ2n) is 6.33. The molecular weight excluding hydrogens is 288 g/mol. The van der Waals surface area contributed by atoms with Crippen molar-refractivity contribution in [1.29, 1.82) is 0 Å². The van der Waals surface area contributed by atoms with Gasteiger partial charge in [0.1, 0.15) is 6.10 Å². The van der Waals surface area contributed by atoms with E-state index >= 15 is 0 Å². The number of nitrogens with zero attached hydrogens (tertiary/aromatic N) is 1. The Hall–Kier alpha value is -2.36. The molecule has 4 heteroatoms. The molecule has 2 heterocycles. The van der Waals surface area contributed by atoms with Crippen LogP contribution < -0.4 is 10.1 Å². The number of carbonyl (C=O) groups excluding carboxylic acids is 1. The molecule has 4 rings (SSSR count). The Morgan fingerprint density at radius 3 is 2.74 bits per heavy atom. The summed E-state index contributed by atoms with van der Waals surface area (Å²) in [6.07, 6.45) is 8.24. The highest BCUT2D eigenvalue weighted by molar-refractivity contribution is 5.94. The molecule has 1 fully saturated rings. The van der Waals surface area contributed by atoms with E-state index in [-0.39, 0.29) is 5.91 Å². The monoisotopic (exact) mass is 308 g/mol. The van der Waals surface area contributed by atoms with Gasteiger partial charge < -0.3 is 10.1 Å². The summed E-state index contributed by atoms with van der Waals surface area (Å²) in [6, 6.07) is 10.2. The third kappa shape index (κ3) is 3.07. The summed E-state index contributed by atoms with van der Waals surface area (Å²) < 4.78 is 6.00. The Morgan fingerprint density at radius 1 is 1.04 bits per heavy atom. The highest BCUT2D eigenvalue weighted by Crippen LogP contribution is 2.30. The molecule has 1 aliphatic carbocycles. The molecule has 23 heavy (non-hydrogen) atoms. The fourth-order valence-electron chi connectivity index (χ4n) is 3.39. The lowest BCUT2D eigenvalue weighted by Crippen LogP contribution is -2.18. The second-order valence-corrected chi connectivity index (χ2v) is 6.33. The number of aryl methyl sites for hydroxylation is 1. The van der Waals surface area contributed by atoms with E-state index in [1.165, 1.54) is 18.4 Å². The van der Waals surface area contributed by atoms with Crippen molar-refractivity contribution >= 4 is 11.6 Å². The van der Waals surface area contributed by atoms with E-state index in [2.05, 4.69) is 16.4 Å². The first-order valence-corrected chi connectivity index (χ1v) is 8.34. The molecule has 1 aliphatic heterocycles. The number of aromatic nitrogens is 1. The maximum absolute atomic E-state index is 11.5. The molecule has 2 aliphatic rings. The number of hydrogen-bond acceptors (Lipinski definition) is 3. The van der Waals surface area contributed by atoms with Crippen molar-refractivity contribution < 1.29 is 9.53 Å². The number of nitrogens with one attached hydrogen (secondary N) is 1. The molecule has 1 aromatic heterocycles. The summed E-state index contributed by atoms with van der Waals surface area (Å²) in [7, 11) is 0. The van der Waals surface area contributed by atoms with Gasteiger partial charge in [0.25, 0.3) is 0 Å². The van der Waals surface area contributed by atoms with Crippen molar-refractivity contribution in [2.45, 2.75) is 44.6 Å². The second kappa shape index (κ2) is 6.03. The van der Waals surface area contributed by atoms with Crippen molar-refractivity contribution in [2.75, 3.05) is 5.32 Å². The van der Waals surface area contributed by atoms with E-state index in [1.807, 2.05) is 24.3 Å². The van der Waals surface area contributed by atoms with Crippen molar-refractivity contribution in [1.82, 2.24) is 4.98 Å². The zero-order chi connectivity index (χ0) is 15.6. The van der Waals surface area contributed by atoms with Crippen molar-refractivity contribution in [2.24, 2.45) is 0 Å². The van der Waals surface area contributed by atoms with Gasteiger partial charge in [0, 0.05) is 24.4 Å². The molecule has 1 N–H and O–H groups in total. The van der Waals surface area contributed by atoms with Crippen LogP contribution in [-0.4, -0.2) is 17.0 Å². The summed E-state index contributed by atoms with van der Waals surface area (Å²) >= 11 is 0. The minimum absolute atomic E-state index is 0.0985. The fraction of sp³-hybridized carbons (Fsp3) is 0.368. The van der Waals surface area contributed by atoms with E-state index < -0.39 is 0 Å². The van der Waals surface area contributed by atoms with E-state index in [0.717, 1.165) is 36.1 Å². The van der Waals surface area contributed by atoms with E-state index in [4.69, 9.17) is 4.74 Å². The van der Waals surface area contributed by atoms with Crippen molar-refractivity contribution in [3.05, 3.63) is 42.1 Å². The van der Waals surface area contributed by atoms with Crippen LogP contribution in [0.15, 0.2) is 36.5 Å². The van der Waals surface area contributed by atoms with Crippen LogP contribution in [0, 0.1) is 0 Å². The van der Waals surface area contributed by atoms with E-state index in [1.54, 1.807) is 6.20 Å². The fourth-order valence-corrected chi connectivity index (χ4v) is 3.39. The molecule has 0 bridgehead atoms. The van der Waals surface area contributed by atoms with Gasteiger partial charge in [-0.25, -0.2) is 4.98 Å². The molecule has 0 saturated heterocycles. The van der Waals surface area contributed by atoms with Gasteiger partial charge >= 0.3 is 0 Å². The summed E-state index contributed by atoms with van der Waals surface area (Å²) in [5, 5.41) is 2.92. The summed E-state index contributed by atoms with van der Waals surface area (Å²) in [5.41, 5.74) is 4.37. The quantitative estimate of drug-likeness (QED) is 0.934. The van der Waals surface area contributed by atoms with Crippen LogP contribution in [0.3, 0.4) is 0 Å². The maximum atomic E-state index is 11.5. The van der Waals surface area contributed by atoms with Gasteiger partial charge in [-0.15, -0.1) is 0 Å². The van der Waals surface area contributed by atoms with Gasteiger partial charge in [-0.1, -0.05) is 6.07 Å². The zero-order valence-electron chi connectivity index (χ0n) is 13.0. The first kappa shape index (κ1) is 14.2. The minimum atomic E-state index is 0.0985. The Balaban J connectivity index is 1.59.